The zero-order valence-corrected chi connectivity index (χ0v) is 14.4. The highest BCUT2D eigenvalue weighted by molar-refractivity contribution is 8.02. The number of anilines is 1. The van der Waals surface area contributed by atoms with Gasteiger partial charge in [-0.15, -0.1) is 10.2 Å². The molecule has 1 unspecified atom stereocenters. The number of hydrogen-bond acceptors (Lipinski definition) is 7. The molecule has 0 aliphatic rings. The lowest BCUT2D eigenvalue weighted by molar-refractivity contribution is -0.142. The van der Waals surface area contributed by atoms with E-state index in [4.69, 9.17) is 4.74 Å². The Labute approximate surface area is 142 Å². The summed E-state index contributed by atoms with van der Waals surface area (Å²) >= 11 is 2.54. The van der Waals surface area contributed by atoms with Crippen LogP contribution in [0.15, 0.2) is 34.7 Å². The number of carbonyl (C=O) groups excluding carboxylic acids is 2. The van der Waals surface area contributed by atoms with Crippen molar-refractivity contribution < 1.29 is 14.3 Å². The molecular formula is C15H17N3O3S2. The molecule has 6 nitrogen and oxygen atoms in total. The number of aromatic nitrogens is 2. The third kappa shape index (κ3) is 5.04. The average molecular weight is 351 g/mol. The summed E-state index contributed by atoms with van der Waals surface area (Å²) in [4.78, 5) is 23.8. The summed E-state index contributed by atoms with van der Waals surface area (Å²) in [6.45, 7) is 4.04. The van der Waals surface area contributed by atoms with E-state index in [9.17, 15) is 9.59 Å². The van der Waals surface area contributed by atoms with Crippen LogP contribution >= 0.6 is 23.1 Å². The van der Waals surface area contributed by atoms with Gasteiger partial charge >= 0.3 is 5.97 Å². The van der Waals surface area contributed by atoms with Crippen molar-refractivity contribution in [3.05, 3.63) is 35.9 Å². The number of rotatable bonds is 7. The van der Waals surface area contributed by atoms with Crippen LogP contribution in [0.4, 0.5) is 5.13 Å². The molecule has 2 rings (SSSR count). The molecule has 0 radical (unpaired) electrons. The van der Waals surface area contributed by atoms with Crippen molar-refractivity contribution in [3.63, 3.8) is 0 Å². The average Bonchev–Trinajstić information content (AvgIpc) is 3.00. The Balaban J connectivity index is 1.97. The van der Waals surface area contributed by atoms with Gasteiger partial charge in [0.1, 0.15) is 5.25 Å². The van der Waals surface area contributed by atoms with Gasteiger partial charge in [-0.05, 0) is 25.5 Å². The van der Waals surface area contributed by atoms with Crippen LogP contribution in [0.1, 0.15) is 30.6 Å². The standard InChI is InChI=1S/C15H17N3O3S2/c1-3-11(13(20)21-4-2)22-15-18-17-14(23-15)16-12(19)10-8-6-5-7-9-10/h5-9,11H,3-4H2,1-2H3,(H,16,17,19). The minimum atomic E-state index is -0.319. The van der Waals surface area contributed by atoms with E-state index in [0.29, 0.717) is 28.1 Å². The molecule has 1 heterocycles. The maximum atomic E-state index is 12.0. The van der Waals surface area contributed by atoms with Crippen LogP contribution in [-0.2, 0) is 9.53 Å². The third-order valence-corrected chi connectivity index (χ3v) is 5.09. The SMILES string of the molecule is CCOC(=O)C(CC)Sc1nnc(NC(=O)c2ccccc2)s1. The maximum absolute atomic E-state index is 12.0. The van der Waals surface area contributed by atoms with Gasteiger partial charge in [0.2, 0.25) is 5.13 Å². The highest BCUT2D eigenvalue weighted by Gasteiger charge is 2.21. The maximum Gasteiger partial charge on any atom is 0.319 e. The lowest BCUT2D eigenvalue weighted by atomic mass is 10.2. The number of nitrogens with zero attached hydrogens (tertiary/aromatic N) is 2. The summed E-state index contributed by atoms with van der Waals surface area (Å²) in [5.74, 6) is -0.499. The third-order valence-electron chi connectivity index (χ3n) is 2.83. The molecule has 0 saturated carbocycles. The number of ether oxygens (including phenoxy) is 1. The number of nitrogens with one attached hydrogen (secondary N) is 1. The van der Waals surface area contributed by atoms with Crippen LogP contribution in [0, 0.1) is 0 Å². The predicted molar refractivity (Wildman–Crippen MR) is 90.9 cm³/mol. The van der Waals surface area contributed by atoms with Crippen molar-refractivity contribution in [1.82, 2.24) is 10.2 Å². The van der Waals surface area contributed by atoms with Crippen molar-refractivity contribution in [2.45, 2.75) is 29.9 Å². The van der Waals surface area contributed by atoms with E-state index in [0.717, 1.165) is 0 Å². The Morgan fingerprint density at radius 2 is 2.00 bits per heavy atom. The fourth-order valence-corrected chi connectivity index (χ4v) is 3.63. The number of carbonyl (C=O) groups is 2. The molecule has 1 atom stereocenters. The van der Waals surface area contributed by atoms with Gasteiger partial charge in [0.05, 0.1) is 6.61 Å². The number of esters is 1. The van der Waals surface area contributed by atoms with Gasteiger partial charge in [-0.25, -0.2) is 0 Å². The van der Waals surface area contributed by atoms with Crippen LogP contribution < -0.4 is 5.32 Å². The minimum Gasteiger partial charge on any atom is -0.465 e. The highest BCUT2D eigenvalue weighted by atomic mass is 32.2. The van der Waals surface area contributed by atoms with Crippen LogP contribution in [0.5, 0.6) is 0 Å². The van der Waals surface area contributed by atoms with Gasteiger partial charge in [-0.3, -0.25) is 14.9 Å². The molecule has 0 bridgehead atoms. The summed E-state index contributed by atoms with van der Waals surface area (Å²) in [6.07, 6.45) is 0.634. The van der Waals surface area contributed by atoms with E-state index in [2.05, 4.69) is 15.5 Å². The Kier molecular flexibility index (Phi) is 6.54. The molecule has 0 saturated heterocycles. The fourth-order valence-electron chi connectivity index (χ4n) is 1.72. The van der Waals surface area contributed by atoms with Crippen molar-refractivity contribution >= 4 is 40.1 Å². The van der Waals surface area contributed by atoms with E-state index in [1.54, 1.807) is 31.2 Å². The lowest BCUT2D eigenvalue weighted by Crippen LogP contribution is -2.19. The summed E-state index contributed by atoms with van der Waals surface area (Å²) < 4.78 is 5.64. The van der Waals surface area contributed by atoms with E-state index >= 15 is 0 Å². The summed E-state index contributed by atoms with van der Waals surface area (Å²) in [5.41, 5.74) is 0.551. The molecular weight excluding hydrogens is 334 g/mol. The van der Waals surface area contributed by atoms with Crippen LogP contribution in [-0.4, -0.2) is 33.9 Å². The number of amides is 1. The van der Waals surface area contributed by atoms with Crippen LogP contribution in [0.2, 0.25) is 0 Å². The second kappa shape index (κ2) is 8.64. The monoisotopic (exact) mass is 351 g/mol. The molecule has 0 fully saturated rings. The first-order valence-corrected chi connectivity index (χ1v) is 8.86. The number of thioether (sulfide) groups is 1. The van der Waals surface area contributed by atoms with Crippen molar-refractivity contribution in [2.24, 2.45) is 0 Å². The molecule has 8 heteroatoms. The number of benzene rings is 1. The Morgan fingerprint density at radius 1 is 1.26 bits per heavy atom. The van der Waals surface area contributed by atoms with Crippen LogP contribution in [0.3, 0.4) is 0 Å². The molecule has 1 N–H and O–H groups in total. The van der Waals surface area contributed by atoms with E-state index < -0.39 is 0 Å². The quantitative estimate of drug-likeness (QED) is 0.469. The fraction of sp³-hybridized carbons (Fsp3) is 0.333. The van der Waals surface area contributed by atoms with Crippen molar-refractivity contribution in [3.8, 4) is 0 Å². The Bertz CT molecular complexity index is 661. The molecule has 1 amide bonds. The van der Waals surface area contributed by atoms with Gasteiger partial charge in [0.25, 0.3) is 5.91 Å². The topological polar surface area (TPSA) is 81.2 Å². The first-order valence-electron chi connectivity index (χ1n) is 7.17. The molecule has 0 spiro atoms. The smallest absolute Gasteiger partial charge is 0.319 e. The molecule has 0 aliphatic heterocycles. The van der Waals surface area contributed by atoms with Gasteiger partial charge in [-0.2, -0.15) is 0 Å². The highest BCUT2D eigenvalue weighted by Crippen LogP contribution is 2.31. The first kappa shape index (κ1) is 17.4. The van der Waals surface area contributed by atoms with Crippen LogP contribution in [0.25, 0.3) is 0 Å². The Hall–Kier alpha value is -1.93. The molecule has 2 aromatic rings. The van der Waals surface area contributed by atoms with Gasteiger partial charge in [0.15, 0.2) is 4.34 Å². The molecule has 23 heavy (non-hydrogen) atoms. The minimum absolute atomic E-state index is 0.240. The normalized spacial score (nSPS) is 11.7. The van der Waals surface area contributed by atoms with Crippen molar-refractivity contribution in [2.75, 3.05) is 11.9 Å². The summed E-state index contributed by atoms with van der Waals surface area (Å²) in [5, 5.41) is 10.7. The summed E-state index contributed by atoms with van der Waals surface area (Å²) in [7, 11) is 0. The predicted octanol–water partition coefficient (Wildman–Crippen LogP) is 3.22. The first-order chi connectivity index (χ1) is 11.1. The zero-order valence-electron chi connectivity index (χ0n) is 12.8. The zero-order chi connectivity index (χ0) is 16.7. The van der Waals surface area contributed by atoms with Crippen molar-refractivity contribution in [1.29, 1.82) is 0 Å². The van der Waals surface area contributed by atoms with Gasteiger partial charge < -0.3 is 4.74 Å². The second-order valence-corrected chi connectivity index (χ2v) is 6.89. The molecule has 1 aromatic carbocycles. The second-order valence-electron chi connectivity index (χ2n) is 4.46. The van der Waals surface area contributed by atoms with Gasteiger partial charge in [0, 0.05) is 5.56 Å². The van der Waals surface area contributed by atoms with E-state index in [1.165, 1.54) is 23.1 Å². The van der Waals surface area contributed by atoms with E-state index in [-0.39, 0.29) is 17.1 Å². The molecule has 0 aliphatic carbocycles. The largest absolute Gasteiger partial charge is 0.465 e. The molecule has 1 aromatic heterocycles. The lowest BCUT2D eigenvalue weighted by Gasteiger charge is -2.10. The Morgan fingerprint density at radius 3 is 2.65 bits per heavy atom. The number of hydrogen-bond donors (Lipinski definition) is 1. The van der Waals surface area contributed by atoms with E-state index in [1.807, 2.05) is 13.0 Å². The summed E-state index contributed by atoms with van der Waals surface area (Å²) in [6, 6.07) is 8.87. The van der Waals surface area contributed by atoms with Gasteiger partial charge in [-0.1, -0.05) is 48.2 Å². The molecule has 122 valence electrons.